The Balaban J connectivity index is 1.41. The lowest BCUT2D eigenvalue weighted by molar-refractivity contribution is -0.120. The average Bonchev–Trinajstić information content (AvgIpc) is 2.85. The topological polar surface area (TPSA) is 76.6 Å². The number of carbonyl (C=O) groups is 1. The quantitative estimate of drug-likeness (QED) is 0.596. The first kappa shape index (κ1) is 21.6. The fourth-order valence-corrected chi connectivity index (χ4v) is 3.89. The molecule has 0 aliphatic carbocycles. The molecule has 1 saturated heterocycles. The summed E-state index contributed by atoms with van der Waals surface area (Å²) in [6, 6.07) is 19.2. The van der Waals surface area contributed by atoms with E-state index in [-0.39, 0.29) is 11.8 Å². The van der Waals surface area contributed by atoms with Crippen LogP contribution in [0.25, 0.3) is 11.3 Å². The number of nitrogens with zero attached hydrogens (tertiary/aromatic N) is 3. The molecule has 2 heterocycles. The Bertz CT molecular complexity index is 1040. The van der Waals surface area contributed by atoms with Crippen molar-refractivity contribution in [2.75, 3.05) is 37.0 Å². The van der Waals surface area contributed by atoms with Crippen LogP contribution in [0.3, 0.4) is 0 Å². The molecule has 0 radical (unpaired) electrons. The highest BCUT2D eigenvalue weighted by Crippen LogP contribution is 2.28. The fraction of sp³-hybridized carbons (Fsp3) is 0.320. The third-order valence-corrected chi connectivity index (χ3v) is 5.60. The smallest absolute Gasteiger partial charge is 0.229 e. The molecule has 0 bridgehead atoms. The van der Waals surface area contributed by atoms with E-state index in [4.69, 9.17) is 9.47 Å². The van der Waals surface area contributed by atoms with E-state index in [0.717, 1.165) is 42.2 Å². The molecule has 1 N–H and O–H groups in total. The van der Waals surface area contributed by atoms with Crippen molar-refractivity contribution < 1.29 is 14.3 Å². The van der Waals surface area contributed by atoms with Crippen molar-refractivity contribution in [3.63, 3.8) is 0 Å². The van der Waals surface area contributed by atoms with Crippen LogP contribution in [0.2, 0.25) is 0 Å². The number of piperidine rings is 1. The van der Waals surface area contributed by atoms with Crippen LogP contribution >= 0.6 is 0 Å². The van der Waals surface area contributed by atoms with Gasteiger partial charge in [0.25, 0.3) is 0 Å². The van der Waals surface area contributed by atoms with Crippen LogP contribution in [0.4, 0.5) is 11.5 Å². The van der Waals surface area contributed by atoms with Crippen molar-refractivity contribution in [3.05, 3.63) is 60.7 Å². The van der Waals surface area contributed by atoms with Gasteiger partial charge in [0.1, 0.15) is 11.5 Å². The molecule has 2 aromatic carbocycles. The van der Waals surface area contributed by atoms with Gasteiger partial charge < -0.3 is 19.7 Å². The second-order valence-corrected chi connectivity index (χ2v) is 7.71. The average molecular weight is 433 g/mol. The molecular formula is C25H28N4O3. The summed E-state index contributed by atoms with van der Waals surface area (Å²) >= 11 is 0. The standard InChI is InChI=1S/C25H28N4O3/c1-3-32-23-9-5-4-8-22(23)26-25(30)19-7-6-16-29(17-19)24-15-14-21(27-28-24)18-10-12-20(31-2)13-11-18/h4-5,8-15,19H,3,6-7,16-17H2,1-2H3,(H,26,30). The Morgan fingerprint density at radius 2 is 1.91 bits per heavy atom. The van der Waals surface area contributed by atoms with Gasteiger partial charge in [0.15, 0.2) is 5.82 Å². The third kappa shape index (κ3) is 4.99. The van der Waals surface area contributed by atoms with E-state index in [2.05, 4.69) is 20.4 Å². The van der Waals surface area contributed by atoms with Gasteiger partial charge in [0, 0.05) is 18.7 Å². The van der Waals surface area contributed by atoms with E-state index in [1.165, 1.54) is 0 Å². The molecule has 7 nitrogen and oxygen atoms in total. The number of hydrogen-bond donors (Lipinski definition) is 1. The van der Waals surface area contributed by atoms with Gasteiger partial charge in [-0.1, -0.05) is 12.1 Å². The second-order valence-electron chi connectivity index (χ2n) is 7.71. The van der Waals surface area contributed by atoms with Gasteiger partial charge in [-0.2, -0.15) is 0 Å². The van der Waals surface area contributed by atoms with Crippen LogP contribution in [0.15, 0.2) is 60.7 Å². The molecule has 0 saturated carbocycles. The van der Waals surface area contributed by atoms with Crippen molar-refractivity contribution in [3.8, 4) is 22.8 Å². The summed E-state index contributed by atoms with van der Waals surface area (Å²) in [5.41, 5.74) is 2.49. The maximum absolute atomic E-state index is 13.0. The van der Waals surface area contributed by atoms with Gasteiger partial charge in [-0.15, -0.1) is 10.2 Å². The molecule has 1 atom stereocenters. The van der Waals surface area contributed by atoms with Gasteiger partial charge >= 0.3 is 0 Å². The molecule has 166 valence electrons. The first-order valence-corrected chi connectivity index (χ1v) is 10.9. The molecule has 0 spiro atoms. The number of benzene rings is 2. The predicted octanol–water partition coefficient (Wildman–Crippen LogP) is 4.41. The monoisotopic (exact) mass is 432 g/mol. The van der Waals surface area contributed by atoms with Crippen molar-refractivity contribution in [1.29, 1.82) is 0 Å². The number of carbonyl (C=O) groups excluding carboxylic acids is 1. The van der Waals surface area contributed by atoms with E-state index in [9.17, 15) is 4.79 Å². The number of amides is 1. The molecule has 1 aliphatic heterocycles. The van der Waals surface area contributed by atoms with Crippen molar-refractivity contribution in [2.24, 2.45) is 5.92 Å². The summed E-state index contributed by atoms with van der Waals surface area (Å²) in [4.78, 5) is 15.1. The van der Waals surface area contributed by atoms with E-state index in [1.807, 2.05) is 67.6 Å². The number of ether oxygens (including phenoxy) is 2. The number of methoxy groups -OCH3 is 1. The molecule has 32 heavy (non-hydrogen) atoms. The van der Waals surface area contributed by atoms with Crippen molar-refractivity contribution >= 4 is 17.4 Å². The predicted molar refractivity (Wildman–Crippen MR) is 125 cm³/mol. The number of nitrogens with one attached hydrogen (secondary N) is 1. The molecule has 1 aliphatic rings. The van der Waals surface area contributed by atoms with E-state index >= 15 is 0 Å². The van der Waals surface area contributed by atoms with Crippen LogP contribution in [0.5, 0.6) is 11.5 Å². The molecule has 1 unspecified atom stereocenters. The Kier molecular flexibility index (Phi) is 6.84. The van der Waals surface area contributed by atoms with Crippen LogP contribution < -0.4 is 19.7 Å². The molecule has 1 amide bonds. The summed E-state index contributed by atoms with van der Waals surface area (Å²) in [6.07, 6.45) is 1.77. The minimum absolute atomic E-state index is 0.00432. The summed E-state index contributed by atoms with van der Waals surface area (Å²) < 4.78 is 10.8. The summed E-state index contributed by atoms with van der Waals surface area (Å²) in [5, 5.41) is 11.9. The highest BCUT2D eigenvalue weighted by Gasteiger charge is 2.27. The van der Waals surface area contributed by atoms with Crippen LogP contribution in [-0.4, -0.2) is 42.9 Å². The largest absolute Gasteiger partial charge is 0.497 e. The molecule has 1 fully saturated rings. The first-order valence-electron chi connectivity index (χ1n) is 10.9. The molecule has 4 rings (SSSR count). The summed E-state index contributed by atoms with van der Waals surface area (Å²) in [7, 11) is 1.65. The first-order chi connectivity index (χ1) is 15.7. The van der Waals surface area contributed by atoms with Crippen molar-refractivity contribution in [2.45, 2.75) is 19.8 Å². The zero-order valence-electron chi connectivity index (χ0n) is 18.5. The van der Waals surface area contributed by atoms with E-state index in [1.54, 1.807) is 7.11 Å². The summed E-state index contributed by atoms with van der Waals surface area (Å²) in [5.74, 6) is 2.16. The second kappa shape index (κ2) is 10.1. The minimum atomic E-state index is -0.124. The van der Waals surface area contributed by atoms with Crippen LogP contribution in [0, 0.1) is 5.92 Å². The van der Waals surface area contributed by atoms with Crippen LogP contribution in [0.1, 0.15) is 19.8 Å². The zero-order chi connectivity index (χ0) is 22.3. The van der Waals surface area contributed by atoms with Gasteiger partial charge in [0.05, 0.1) is 31.0 Å². The maximum atomic E-state index is 13.0. The Labute approximate surface area is 188 Å². The van der Waals surface area contributed by atoms with Gasteiger partial charge in [-0.25, -0.2) is 0 Å². The lowest BCUT2D eigenvalue weighted by Crippen LogP contribution is -2.41. The van der Waals surface area contributed by atoms with Gasteiger partial charge in [0.2, 0.25) is 5.91 Å². The number of para-hydroxylation sites is 2. The minimum Gasteiger partial charge on any atom is -0.497 e. The Hall–Kier alpha value is -3.61. The number of aromatic nitrogens is 2. The zero-order valence-corrected chi connectivity index (χ0v) is 18.5. The highest BCUT2D eigenvalue weighted by atomic mass is 16.5. The van der Waals surface area contributed by atoms with E-state index in [0.29, 0.717) is 24.6 Å². The van der Waals surface area contributed by atoms with Crippen LogP contribution in [-0.2, 0) is 4.79 Å². The molecule has 7 heteroatoms. The molecule has 1 aromatic heterocycles. The van der Waals surface area contributed by atoms with E-state index < -0.39 is 0 Å². The normalized spacial score (nSPS) is 15.8. The number of hydrogen-bond acceptors (Lipinski definition) is 6. The number of anilines is 2. The third-order valence-electron chi connectivity index (χ3n) is 5.60. The maximum Gasteiger partial charge on any atom is 0.229 e. The Morgan fingerprint density at radius 3 is 2.62 bits per heavy atom. The summed E-state index contributed by atoms with van der Waals surface area (Å²) in [6.45, 7) is 3.95. The SMILES string of the molecule is CCOc1ccccc1NC(=O)C1CCCN(c2ccc(-c3ccc(OC)cc3)nn2)C1. The fourth-order valence-electron chi connectivity index (χ4n) is 3.89. The van der Waals surface area contributed by atoms with Gasteiger partial charge in [-0.05, 0) is 68.3 Å². The van der Waals surface area contributed by atoms with Crippen molar-refractivity contribution in [1.82, 2.24) is 10.2 Å². The lowest BCUT2D eigenvalue weighted by Gasteiger charge is -2.32. The number of rotatable bonds is 7. The molecular weight excluding hydrogens is 404 g/mol. The Morgan fingerprint density at radius 1 is 1.09 bits per heavy atom. The highest BCUT2D eigenvalue weighted by molar-refractivity contribution is 5.94. The lowest BCUT2D eigenvalue weighted by atomic mass is 9.97. The van der Waals surface area contributed by atoms with Gasteiger partial charge in [-0.3, -0.25) is 4.79 Å². The molecule has 3 aromatic rings.